The molecule has 0 radical (unpaired) electrons. The number of amides is 1. The molecule has 2 fully saturated rings. The number of aliphatic hydroxyl groups excluding tert-OH is 1. The summed E-state index contributed by atoms with van der Waals surface area (Å²) in [4.78, 5) is 31.3. The summed E-state index contributed by atoms with van der Waals surface area (Å²) in [5.74, 6) is -0.865. The third kappa shape index (κ3) is 3.61. The lowest BCUT2D eigenvalue weighted by molar-refractivity contribution is -0.140. The Balaban J connectivity index is 1.80. The number of hydrogen-bond acceptors (Lipinski definition) is 6. The summed E-state index contributed by atoms with van der Waals surface area (Å²) in [6.45, 7) is 0.952. The van der Waals surface area contributed by atoms with Crippen LogP contribution >= 0.6 is 0 Å². The fourth-order valence-electron chi connectivity index (χ4n) is 3.87. The standard InChI is InChI=1S/C22H22N2O5/c1-28-16-6-4-14(5-7-16)19-18(20(25)15-8-10-23-11-9-15)21(26)22(27)24(19)13-17-3-2-12-29-17/h4-11,17,19,25H,2-3,12-13H2,1H3/b20-18-. The number of benzene rings is 1. The smallest absolute Gasteiger partial charge is 0.295 e. The van der Waals surface area contributed by atoms with Crippen LogP contribution in [0.1, 0.15) is 30.0 Å². The second-order valence-corrected chi connectivity index (χ2v) is 7.10. The zero-order valence-corrected chi connectivity index (χ0v) is 16.1. The van der Waals surface area contributed by atoms with Gasteiger partial charge in [-0.15, -0.1) is 0 Å². The molecule has 2 saturated heterocycles. The van der Waals surface area contributed by atoms with Gasteiger partial charge in [-0.2, -0.15) is 0 Å². The van der Waals surface area contributed by atoms with Crippen molar-refractivity contribution in [3.05, 3.63) is 65.5 Å². The van der Waals surface area contributed by atoms with Crippen molar-refractivity contribution in [1.29, 1.82) is 0 Å². The average Bonchev–Trinajstić information content (AvgIpc) is 3.36. The van der Waals surface area contributed by atoms with Crippen LogP contribution < -0.4 is 4.74 Å². The molecule has 3 heterocycles. The van der Waals surface area contributed by atoms with E-state index in [9.17, 15) is 14.7 Å². The highest BCUT2D eigenvalue weighted by Crippen LogP contribution is 2.40. The van der Waals surface area contributed by atoms with Crippen LogP contribution in [0.4, 0.5) is 0 Å². The number of nitrogens with zero attached hydrogens (tertiary/aromatic N) is 2. The molecule has 0 saturated carbocycles. The summed E-state index contributed by atoms with van der Waals surface area (Å²) < 4.78 is 10.9. The van der Waals surface area contributed by atoms with E-state index < -0.39 is 17.7 Å². The molecule has 29 heavy (non-hydrogen) atoms. The van der Waals surface area contributed by atoms with Crippen LogP contribution in [0.2, 0.25) is 0 Å². The highest BCUT2D eigenvalue weighted by atomic mass is 16.5. The van der Waals surface area contributed by atoms with Gasteiger partial charge in [-0.3, -0.25) is 14.6 Å². The number of Topliss-reactive ketones (excluding diaryl/α,β-unsaturated/α-hetero) is 1. The van der Waals surface area contributed by atoms with Crippen LogP contribution in [0.3, 0.4) is 0 Å². The maximum Gasteiger partial charge on any atom is 0.295 e. The summed E-state index contributed by atoms with van der Waals surface area (Å²) in [6.07, 6.45) is 4.70. The third-order valence-electron chi connectivity index (χ3n) is 5.35. The van der Waals surface area contributed by atoms with E-state index in [2.05, 4.69) is 4.98 Å². The number of rotatable bonds is 5. The lowest BCUT2D eigenvalue weighted by Crippen LogP contribution is -2.36. The predicted octanol–water partition coefficient (Wildman–Crippen LogP) is 2.69. The van der Waals surface area contributed by atoms with Crippen molar-refractivity contribution in [2.75, 3.05) is 20.3 Å². The molecule has 0 aliphatic carbocycles. The first kappa shape index (κ1) is 19.1. The SMILES string of the molecule is COc1ccc(C2/C(=C(/O)c3ccncc3)C(=O)C(=O)N2CC2CCCO2)cc1. The maximum absolute atomic E-state index is 12.9. The Morgan fingerprint density at radius 2 is 1.93 bits per heavy atom. The first-order valence-corrected chi connectivity index (χ1v) is 9.54. The highest BCUT2D eigenvalue weighted by Gasteiger charge is 2.47. The van der Waals surface area contributed by atoms with E-state index in [1.807, 2.05) is 0 Å². The summed E-state index contributed by atoms with van der Waals surface area (Å²) >= 11 is 0. The molecule has 0 spiro atoms. The number of methoxy groups -OCH3 is 1. The van der Waals surface area contributed by atoms with Gasteiger partial charge < -0.3 is 19.5 Å². The molecule has 2 unspecified atom stereocenters. The topological polar surface area (TPSA) is 89.0 Å². The van der Waals surface area contributed by atoms with Crippen molar-refractivity contribution in [1.82, 2.24) is 9.88 Å². The van der Waals surface area contributed by atoms with Crippen LogP contribution in [-0.4, -0.2) is 53.0 Å². The van der Waals surface area contributed by atoms with Crippen molar-refractivity contribution in [3.8, 4) is 5.75 Å². The molecule has 0 bridgehead atoms. The summed E-state index contributed by atoms with van der Waals surface area (Å²) in [6, 6.07) is 9.66. The fraction of sp³-hybridized carbons (Fsp3) is 0.318. The number of aliphatic hydroxyl groups is 1. The Morgan fingerprint density at radius 1 is 1.21 bits per heavy atom. The molecule has 4 rings (SSSR count). The van der Waals surface area contributed by atoms with Crippen molar-refractivity contribution < 1.29 is 24.2 Å². The minimum absolute atomic E-state index is 0.0735. The largest absolute Gasteiger partial charge is 0.507 e. The Kier molecular flexibility index (Phi) is 5.31. The van der Waals surface area contributed by atoms with Crippen molar-refractivity contribution in [3.63, 3.8) is 0 Å². The molecule has 2 atom stereocenters. The van der Waals surface area contributed by atoms with E-state index in [0.717, 1.165) is 18.4 Å². The zero-order valence-electron chi connectivity index (χ0n) is 16.1. The van der Waals surface area contributed by atoms with Crippen LogP contribution in [0.15, 0.2) is 54.4 Å². The molecular weight excluding hydrogens is 372 g/mol. The van der Waals surface area contributed by atoms with Crippen molar-refractivity contribution in [2.45, 2.75) is 25.0 Å². The van der Waals surface area contributed by atoms with E-state index in [0.29, 0.717) is 24.5 Å². The Hall–Kier alpha value is -3.19. The maximum atomic E-state index is 12.9. The number of aromatic nitrogens is 1. The second-order valence-electron chi connectivity index (χ2n) is 7.10. The van der Waals surface area contributed by atoms with Gasteiger partial charge in [0.25, 0.3) is 11.7 Å². The first-order valence-electron chi connectivity index (χ1n) is 9.54. The summed E-state index contributed by atoms with van der Waals surface area (Å²) in [7, 11) is 1.57. The van der Waals surface area contributed by atoms with Crippen molar-refractivity contribution in [2.24, 2.45) is 0 Å². The molecule has 150 valence electrons. The minimum atomic E-state index is -0.696. The molecule has 7 heteroatoms. The third-order valence-corrected chi connectivity index (χ3v) is 5.35. The van der Waals surface area contributed by atoms with E-state index >= 15 is 0 Å². The van der Waals surface area contributed by atoms with Crippen LogP contribution in [0, 0.1) is 0 Å². The molecule has 2 aliphatic heterocycles. The number of carbonyl (C=O) groups excluding carboxylic acids is 2. The first-order chi connectivity index (χ1) is 14.1. The molecule has 1 aromatic carbocycles. The number of hydrogen-bond donors (Lipinski definition) is 1. The van der Waals surface area contributed by atoms with E-state index in [1.165, 1.54) is 17.3 Å². The molecule has 1 N–H and O–H groups in total. The van der Waals surface area contributed by atoms with Gasteiger partial charge in [0.05, 0.1) is 24.8 Å². The van der Waals surface area contributed by atoms with E-state index in [-0.39, 0.29) is 17.4 Å². The van der Waals surface area contributed by atoms with Crippen molar-refractivity contribution >= 4 is 17.4 Å². The normalized spacial score (nSPS) is 23.6. The van der Waals surface area contributed by atoms with Gasteiger partial charge in [0.2, 0.25) is 0 Å². The monoisotopic (exact) mass is 394 g/mol. The van der Waals surface area contributed by atoms with Crippen LogP contribution in [0.25, 0.3) is 5.76 Å². The van der Waals surface area contributed by atoms with Crippen LogP contribution in [0.5, 0.6) is 5.75 Å². The lowest BCUT2D eigenvalue weighted by Gasteiger charge is -2.27. The molecule has 1 amide bonds. The number of pyridine rings is 1. The number of ether oxygens (including phenoxy) is 2. The minimum Gasteiger partial charge on any atom is -0.507 e. The number of likely N-dealkylation sites (tertiary alicyclic amines) is 1. The lowest BCUT2D eigenvalue weighted by atomic mass is 9.95. The van der Waals surface area contributed by atoms with Gasteiger partial charge in [-0.05, 0) is 42.7 Å². The second kappa shape index (κ2) is 8.05. The van der Waals surface area contributed by atoms with E-state index in [1.54, 1.807) is 43.5 Å². The Bertz CT molecular complexity index is 933. The van der Waals surface area contributed by atoms with E-state index in [4.69, 9.17) is 9.47 Å². The van der Waals surface area contributed by atoms with Gasteiger partial charge in [0.1, 0.15) is 11.5 Å². The molecular formula is C22H22N2O5. The Labute approximate surface area is 168 Å². The average molecular weight is 394 g/mol. The molecule has 2 aliphatic rings. The summed E-state index contributed by atoms with van der Waals surface area (Å²) in [5, 5.41) is 10.9. The van der Waals surface area contributed by atoms with Gasteiger partial charge in [-0.1, -0.05) is 12.1 Å². The zero-order chi connectivity index (χ0) is 20.4. The summed E-state index contributed by atoms with van der Waals surface area (Å²) in [5.41, 5.74) is 1.23. The van der Waals surface area contributed by atoms with Crippen LogP contribution in [-0.2, 0) is 14.3 Å². The molecule has 1 aromatic heterocycles. The Morgan fingerprint density at radius 3 is 2.55 bits per heavy atom. The van der Waals surface area contributed by atoms with Gasteiger partial charge >= 0.3 is 0 Å². The van der Waals surface area contributed by atoms with Gasteiger partial charge in [-0.25, -0.2) is 0 Å². The predicted molar refractivity (Wildman–Crippen MR) is 105 cm³/mol. The fourth-order valence-corrected chi connectivity index (χ4v) is 3.87. The molecule has 7 nitrogen and oxygen atoms in total. The quantitative estimate of drug-likeness (QED) is 0.477. The van der Waals surface area contributed by atoms with Gasteiger partial charge in [0.15, 0.2) is 0 Å². The molecule has 2 aromatic rings. The number of ketones is 1. The number of carbonyl (C=O) groups is 2. The van der Waals surface area contributed by atoms with Gasteiger partial charge in [0, 0.05) is 31.1 Å². The highest BCUT2D eigenvalue weighted by molar-refractivity contribution is 6.46.